The van der Waals surface area contributed by atoms with Crippen LogP contribution in [-0.2, 0) is 22.5 Å². The highest BCUT2D eigenvalue weighted by Gasteiger charge is 2.38. The number of aliphatic hydroxyl groups is 1. The largest absolute Gasteiger partial charge is 0.393 e. The maximum Gasteiger partial charge on any atom is 0.244 e. The Kier molecular flexibility index (Phi) is 4.97. The quantitative estimate of drug-likeness (QED) is 0.889. The van der Waals surface area contributed by atoms with Crippen molar-refractivity contribution in [2.45, 2.75) is 25.5 Å². The first-order valence-electron chi connectivity index (χ1n) is 8.16. The predicted octanol–water partition coefficient (Wildman–Crippen LogP) is 1.02. The third-order valence-corrected chi connectivity index (χ3v) is 4.39. The summed E-state index contributed by atoms with van der Waals surface area (Å²) in [6, 6.07) is 9.97. The molecule has 1 atom stereocenters. The van der Waals surface area contributed by atoms with E-state index in [2.05, 4.69) is 5.10 Å². The van der Waals surface area contributed by atoms with Crippen molar-refractivity contribution in [2.24, 2.45) is 0 Å². The molecule has 0 saturated carbocycles. The molecule has 1 unspecified atom stereocenters. The Bertz CT molecular complexity index is 669. The molecule has 2 aromatic rings. The van der Waals surface area contributed by atoms with E-state index in [0.717, 1.165) is 5.56 Å². The molecule has 0 aliphatic carbocycles. The van der Waals surface area contributed by atoms with Crippen LogP contribution in [-0.4, -0.2) is 57.6 Å². The van der Waals surface area contributed by atoms with E-state index in [1.54, 1.807) is 28.0 Å². The number of aromatic nitrogens is 2. The number of ether oxygens (including phenoxy) is 1. The molecule has 3 rings (SSSR count). The molecule has 0 radical (unpaired) electrons. The van der Waals surface area contributed by atoms with Gasteiger partial charge in [0.2, 0.25) is 5.91 Å². The number of hydrogen-bond donors (Lipinski definition) is 1. The highest BCUT2D eigenvalue weighted by molar-refractivity contribution is 5.76. The number of aryl methyl sites for hydroxylation is 1. The van der Waals surface area contributed by atoms with Crippen LogP contribution < -0.4 is 0 Å². The Labute approximate surface area is 141 Å². The lowest BCUT2D eigenvalue weighted by Gasteiger charge is -2.42. The first-order valence-corrected chi connectivity index (χ1v) is 8.16. The van der Waals surface area contributed by atoms with Gasteiger partial charge in [0.15, 0.2) is 0 Å². The molecular weight excluding hydrogens is 306 g/mol. The van der Waals surface area contributed by atoms with Gasteiger partial charge in [0, 0.05) is 25.4 Å². The first-order chi connectivity index (χ1) is 11.6. The topological polar surface area (TPSA) is 67.6 Å². The molecule has 1 aromatic carbocycles. The van der Waals surface area contributed by atoms with Crippen LogP contribution in [0, 0.1) is 6.92 Å². The summed E-state index contributed by atoms with van der Waals surface area (Å²) in [7, 11) is 0. The van der Waals surface area contributed by atoms with Gasteiger partial charge in [0.1, 0.15) is 12.1 Å². The molecule has 2 heterocycles. The summed E-state index contributed by atoms with van der Waals surface area (Å²) in [4.78, 5) is 14.3. The number of hydrogen-bond acceptors (Lipinski definition) is 4. The van der Waals surface area contributed by atoms with Crippen molar-refractivity contribution in [2.75, 3.05) is 26.3 Å². The van der Waals surface area contributed by atoms with E-state index in [4.69, 9.17) is 4.74 Å². The fraction of sp³-hybridized carbons (Fsp3) is 0.444. The molecule has 24 heavy (non-hydrogen) atoms. The van der Waals surface area contributed by atoms with Crippen LogP contribution in [0.25, 0.3) is 0 Å². The smallest absolute Gasteiger partial charge is 0.244 e. The van der Waals surface area contributed by atoms with E-state index in [-0.39, 0.29) is 19.1 Å². The second-order valence-electron chi connectivity index (χ2n) is 6.37. The molecule has 1 amide bonds. The van der Waals surface area contributed by atoms with Gasteiger partial charge >= 0.3 is 0 Å². The monoisotopic (exact) mass is 329 g/mol. The van der Waals surface area contributed by atoms with Gasteiger partial charge in [-0.25, -0.2) is 0 Å². The third kappa shape index (κ3) is 3.83. The predicted molar refractivity (Wildman–Crippen MR) is 89.5 cm³/mol. The zero-order valence-corrected chi connectivity index (χ0v) is 13.9. The summed E-state index contributed by atoms with van der Waals surface area (Å²) < 4.78 is 7.51. The Hall–Kier alpha value is -2.18. The standard InChI is InChI=1S/C18H23N3O3/c1-15-3-5-16(6-4-15)11-18(14-22)13-20(9-10-24-18)17(23)12-21-8-2-7-19-21/h2-8,22H,9-14H2,1H3. The normalized spacial score (nSPS) is 21.0. The van der Waals surface area contributed by atoms with Crippen molar-refractivity contribution >= 4 is 5.91 Å². The van der Waals surface area contributed by atoms with Gasteiger partial charge in [0.05, 0.1) is 19.8 Å². The fourth-order valence-corrected chi connectivity index (χ4v) is 3.03. The van der Waals surface area contributed by atoms with E-state index < -0.39 is 5.60 Å². The average Bonchev–Trinajstić information content (AvgIpc) is 3.10. The second-order valence-corrected chi connectivity index (χ2v) is 6.37. The summed E-state index contributed by atoms with van der Waals surface area (Å²) >= 11 is 0. The van der Waals surface area contributed by atoms with E-state index in [9.17, 15) is 9.90 Å². The molecule has 1 aliphatic heterocycles. The van der Waals surface area contributed by atoms with Crippen molar-refractivity contribution in [1.29, 1.82) is 0 Å². The number of morpholine rings is 1. The molecule has 6 heteroatoms. The highest BCUT2D eigenvalue weighted by atomic mass is 16.5. The summed E-state index contributed by atoms with van der Waals surface area (Å²) in [6.07, 6.45) is 4.00. The fourth-order valence-electron chi connectivity index (χ4n) is 3.03. The minimum absolute atomic E-state index is 0.0104. The SMILES string of the molecule is Cc1ccc(CC2(CO)CN(C(=O)Cn3cccn3)CCO2)cc1. The molecule has 0 spiro atoms. The number of aliphatic hydroxyl groups excluding tert-OH is 1. The van der Waals surface area contributed by atoms with Crippen LogP contribution in [0.4, 0.5) is 0 Å². The van der Waals surface area contributed by atoms with Gasteiger partial charge in [-0.05, 0) is 18.6 Å². The minimum atomic E-state index is -0.743. The Balaban J connectivity index is 1.69. The molecule has 0 bridgehead atoms. The van der Waals surface area contributed by atoms with Crippen molar-refractivity contribution in [3.63, 3.8) is 0 Å². The van der Waals surface area contributed by atoms with Gasteiger partial charge in [-0.1, -0.05) is 29.8 Å². The van der Waals surface area contributed by atoms with Crippen molar-refractivity contribution in [1.82, 2.24) is 14.7 Å². The number of carbonyl (C=O) groups is 1. The Morgan fingerprint density at radius 1 is 1.38 bits per heavy atom. The van der Waals surface area contributed by atoms with Crippen molar-refractivity contribution in [3.8, 4) is 0 Å². The van der Waals surface area contributed by atoms with E-state index in [0.29, 0.717) is 26.1 Å². The van der Waals surface area contributed by atoms with E-state index in [1.807, 2.05) is 31.2 Å². The number of benzene rings is 1. The summed E-state index contributed by atoms with van der Waals surface area (Å²) in [5, 5.41) is 14.0. The minimum Gasteiger partial charge on any atom is -0.393 e. The number of carbonyl (C=O) groups excluding carboxylic acids is 1. The lowest BCUT2D eigenvalue weighted by atomic mass is 9.92. The molecule has 128 valence electrons. The van der Waals surface area contributed by atoms with E-state index >= 15 is 0 Å². The summed E-state index contributed by atoms with van der Waals surface area (Å²) in [5.74, 6) is -0.0104. The van der Waals surface area contributed by atoms with Gasteiger partial charge in [-0.2, -0.15) is 5.10 Å². The van der Waals surface area contributed by atoms with Crippen LogP contribution in [0.3, 0.4) is 0 Å². The zero-order chi connectivity index (χ0) is 17.0. The third-order valence-electron chi connectivity index (χ3n) is 4.39. The zero-order valence-electron chi connectivity index (χ0n) is 13.9. The highest BCUT2D eigenvalue weighted by Crippen LogP contribution is 2.23. The maximum atomic E-state index is 12.5. The number of nitrogens with zero attached hydrogens (tertiary/aromatic N) is 3. The van der Waals surface area contributed by atoms with Crippen LogP contribution in [0.5, 0.6) is 0 Å². The molecule has 1 N–H and O–H groups in total. The number of amides is 1. The second kappa shape index (κ2) is 7.15. The first kappa shape index (κ1) is 16.7. The van der Waals surface area contributed by atoms with Gasteiger partial charge in [0.25, 0.3) is 0 Å². The lowest BCUT2D eigenvalue weighted by Crippen LogP contribution is -2.57. The van der Waals surface area contributed by atoms with Crippen molar-refractivity contribution < 1.29 is 14.6 Å². The van der Waals surface area contributed by atoms with Gasteiger partial charge in [-0.15, -0.1) is 0 Å². The molecule has 1 saturated heterocycles. The van der Waals surface area contributed by atoms with Crippen LogP contribution in [0.2, 0.25) is 0 Å². The van der Waals surface area contributed by atoms with Gasteiger partial charge < -0.3 is 14.7 Å². The molecule has 6 nitrogen and oxygen atoms in total. The van der Waals surface area contributed by atoms with Crippen LogP contribution in [0.1, 0.15) is 11.1 Å². The maximum absolute atomic E-state index is 12.5. The number of rotatable bonds is 5. The Morgan fingerprint density at radius 3 is 2.83 bits per heavy atom. The molecule has 1 aromatic heterocycles. The van der Waals surface area contributed by atoms with Crippen LogP contribution >= 0.6 is 0 Å². The van der Waals surface area contributed by atoms with Crippen molar-refractivity contribution in [3.05, 3.63) is 53.9 Å². The van der Waals surface area contributed by atoms with E-state index in [1.165, 1.54) is 5.56 Å². The lowest BCUT2D eigenvalue weighted by molar-refractivity contribution is -0.158. The molecule has 1 fully saturated rings. The Morgan fingerprint density at radius 2 is 2.17 bits per heavy atom. The molecule has 1 aliphatic rings. The molecular formula is C18H23N3O3. The van der Waals surface area contributed by atoms with Gasteiger partial charge in [-0.3, -0.25) is 9.48 Å². The summed E-state index contributed by atoms with van der Waals surface area (Å²) in [6.45, 7) is 3.48. The van der Waals surface area contributed by atoms with Crippen LogP contribution in [0.15, 0.2) is 42.7 Å². The summed E-state index contributed by atoms with van der Waals surface area (Å²) in [5.41, 5.74) is 1.54. The average molecular weight is 329 g/mol.